The number of hydrogen-bond acceptors (Lipinski definition) is 5. The highest BCUT2D eigenvalue weighted by Gasteiger charge is 2.16. The second kappa shape index (κ2) is 9.87. The Morgan fingerprint density at radius 3 is 2.47 bits per heavy atom. The van der Waals surface area contributed by atoms with Crippen LogP contribution in [-0.4, -0.2) is 63.9 Å². The predicted molar refractivity (Wildman–Crippen MR) is 118 cm³/mol. The fraction of sp³-hybridized carbons (Fsp3) is 0.318. The molecule has 2 N–H and O–H groups in total. The molecule has 158 valence electrons. The number of terminal acetylenes is 1. The van der Waals surface area contributed by atoms with E-state index in [0.29, 0.717) is 11.3 Å². The van der Waals surface area contributed by atoms with Crippen molar-refractivity contribution >= 4 is 21.6 Å². The summed E-state index contributed by atoms with van der Waals surface area (Å²) in [6.45, 7) is 4.92. The first kappa shape index (κ1) is 22.0. The highest BCUT2D eigenvalue weighted by Crippen LogP contribution is 2.16. The van der Waals surface area contributed by atoms with Gasteiger partial charge in [-0.25, -0.2) is 8.42 Å². The number of nitrogens with zero attached hydrogens (tertiary/aromatic N) is 2. The molecule has 7 nitrogen and oxygen atoms in total. The maximum Gasteiger partial charge on any atom is 0.255 e. The summed E-state index contributed by atoms with van der Waals surface area (Å²) < 4.78 is 26.4. The van der Waals surface area contributed by atoms with Crippen molar-refractivity contribution < 1.29 is 13.2 Å². The summed E-state index contributed by atoms with van der Waals surface area (Å²) in [5.41, 5.74) is 2.22. The standard InChI is InChI=1S/C22H26N4O3S/c1-3-11-23-30(28,29)21-9-7-19(8-10-21)22(27)24-20-6-4-5-18(16-20)17-26-14-12-25(2)13-15-26/h1,4-10,16,23H,11-15,17H2,2H3,(H,24,27). The molecule has 2 aromatic rings. The Morgan fingerprint density at radius 2 is 1.80 bits per heavy atom. The van der Waals surface area contributed by atoms with Crippen molar-refractivity contribution in [1.29, 1.82) is 0 Å². The second-order valence-electron chi connectivity index (χ2n) is 7.29. The van der Waals surface area contributed by atoms with Crippen LogP contribution < -0.4 is 10.0 Å². The van der Waals surface area contributed by atoms with Gasteiger partial charge in [0.15, 0.2) is 0 Å². The minimum Gasteiger partial charge on any atom is -0.322 e. The molecule has 0 atom stereocenters. The number of amides is 1. The van der Waals surface area contributed by atoms with Crippen molar-refractivity contribution in [1.82, 2.24) is 14.5 Å². The molecule has 0 spiro atoms. The Hall–Kier alpha value is -2.70. The summed E-state index contributed by atoms with van der Waals surface area (Å²) in [5.74, 6) is 1.92. The van der Waals surface area contributed by atoms with Gasteiger partial charge in [0.2, 0.25) is 10.0 Å². The van der Waals surface area contributed by atoms with Gasteiger partial charge >= 0.3 is 0 Å². The summed E-state index contributed by atoms with van der Waals surface area (Å²) in [5, 5.41) is 2.88. The lowest BCUT2D eigenvalue weighted by molar-refractivity contribution is 0.102. The maximum absolute atomic E-state index is 12.6. The van der Waals surface area contributed by atoms with E-state index in [2.05, 4.69) is 38.9 Å². The van der Waals surface area contributed by atoms with Gasteiger partial charge in [-0.05, 0) is 49.0 Å². The highest BCUT2D eigenvalue weighted by atomic mass is 32.2. The van der Waals surface area contributed by atoms with Crippen LogP contribution in [0.5, 0.6) is 0 Å². The topological polar surface area (TPSA) is 81.7 Å². The lowest BCUT2D eigenvalue weighted by Crippen LogP contribution is -2.43. The van der Waals surface area contributed by atoms with Gasteiger partial charge in [0.25, 0.3) is 5.91 Å². The molecule has 0 bridgehead atoms. The van der Waals surface area contributed by atoms with E-state index in [1.54, 1.807) is 0 Å². The van der Waals surface area contributed by atoms with E-state index in [1.165, 1.54) is 24.3 Å². The molecule has 1 heterocycles. The van der Waals surface area contributed by atoms with Crippen LogP contribution >= 0.6 is 0 Å². The Morgan fingerprint density at radius 1 is 1.10 bits per heavy atom. The predicted octanol–water partition coefficient (Wildman–Crippen LogP) is 1.60. The van der Waals surface area contributed by atoms with Crippen molar-refractivity contribution in [3.05, 3.63) is 59.7 Å². The molecule has 1 aliphatic heterocycles. The minimum atomic E-state index is -3.68. The highest BCUT2D eigenvalue weighted by molar-refractivity contribution is 7.89. The van der Waals surface area contributed by atoms with Crippen molar-refractivity contribution in [2.24, 2.45) is 0 Å². The van der Waals surface area contributed by atoms with Gasteiger partial charge in [0.1, 0.15) is 0 Å². The van der Waals surface area contributed by atoms with Crippen LogP contribution in [0.15, 0.2) is 53.4 Å². The summed E-state index contributed by atoms with van der Waals surface area (Å²) in [6.07, 6.45) is 5.08. The zero-order chi connectivity index (χ0) is 21.6. The zero-order valence-electron chi connectivity index (χ0n) is 17.0. The molecule has 0 unspecified atom stereocenters. The number of carbonyl (C=O) groups is 1. The molecular weight excluding hydrogens is 400 g/mol. The summed E-state index contributed by atoms with van der Waals surface area (Å²) in [4.78, 5) is 17.3. The molecular formula is C22H26N4O3S. The third-order valence-corrected chi connectivity index (χ3v) is 6.40. The van der Waals surface area contributed by atoms with Crippen LogP contribution in [-0.2, 0) is 16.6 Å². The van der Waals surface area contributed by atoms with E-state index in [4.69, 9.17) is 6.42 Å². The quantitative estimate of drug-likeness (QED) is 0.658. The van der Waals surface area contributed by atoms with Gasteiger partial charge in [-0.1, -0.05) is 18.1 Å². The molecule has 1 amide bonds. The molecule has 1 saturated heterocycles. The zero-order valence-corrected chi connectivity index (χ0v) is 17.8. The van der Waals surface area contributed by atoms with Gasteiger partial charge < -0.3 is 10.2 Å². The number of sulfonamides is 1. The molecule has 1 fully saturated rings. The number of benzene rings is 2. The van der Waals surface area contributed by atoms with Crippen LogP contribution in [0.3, 0.4) is 0 Å². The number of anilines is 1. The van der Waals surface area contributed by atoms with Crippen LogP contribution in [0.2, 0.25) is 0 Å². The molecule has 0 aromatic heterocycles. The van der Waals surface area contributed by atoms with Gasteiger partial charge in [-0.15, -0.1) is 6.42 Å². The molecule has 0 saturated carbocycles. The van der Waals surface area contributed by atoms with Crippen molar-refractivity contribution in [3.8, 4) is 12.3 Å². The normalized spacial score (nSPS) is 15.5. The average Bonchev–Trinajstić information content (AvgIpc) is 2.74. The SMILES string of the molecule is C#CCNS(=O)(=O)c1ccc(C(=O)Nc2cccc(CN3CCN(C)CC3)c2)cc1. The fourth-order valence-corrected chi connectivity index (χ4v) is 4.15. The first-order valence-corrected chi connectivity index (χ1v) is 11.2. The van der Waals surface area contributed by atoms with Crippen molar-refractivity contribution in [2.45, 2.75) is 11.4 Å². The van der Waals surface area contributed by atoms with Crippen molar-refractivity contribution in [3.63, 3.8) is 0 Å². The number of likely N-dealkylation sites (N-methyl/N-ethyl adjacent to an activating group) is 1. The van der Waals surface area contributed by atoms with Gasteiger partial charge in [0, 0.05) is 44.0 Å². The van der Waals surface area contributed by atoms with E-state index >= 15 is 0 Å². The lowest BCUT2D eigenvalue weighted by Gasteiger charge is -2.32. The van der Waals surface area contributed by atoms with E-state index in [1.807, 2.05) is 18.2 Å². The third kappa shape index (κ3) is 5.90. The van der Waals surface area contributed by atoms with Crippen LogP contribution in [0.1, 0.15) is 15.9 Å². The maximum atomic E-state index is 12.6. The number of piperazine rings is 1. The van der Waals surface area contributed by atoms with Gasteiger partial charge in [-0.2, -0.15) is 4.72 Å². The Bertz CT molecular complexity index is 1020. The first-order valence-electron chi connectivity index (χ1n) is 9.72. The Kier molecular flexibility index (Phi) is 7.24. The van der Waals surface area contributed by atoms with E-state index in [0.717, 1.165) is 38.3 Å². The van der Waals surface area contributed by atoms with E-state index < -0.39 is 10.0 Å². The molecule has 2 aromatic carbocycles. The average molecular weight is 427 g/mol. The number of hydrogen-bond donors (Lipinski definition) is 2. The molecule has 1 aliphatic rings. The third-order valence-electron chi connectivity index (χ3n) is 4.98. The smallest absolute Gasteiger partial charge is 0.255 e. The van der Waals surface area contributed by atoms with Crippen LogP contribution in [0.25, 0.3) is 0 Å². The monoisotopic (exact) mass is 426 g/mol. The largest absolute Gasteiger partial charge is 0.322 e. The van der Waals surface area contributed by atoms with E-state index in [9.17, 15) is 13.2 Å². The summed E-state index contributed by atoms with van der Waals surface area (Å²) in [7, 11) is -1.55. The first-order chi connectivity index (χ1) is 14.4. The van der Waals surface area contributed by atoms with Crippen LogP contribution in [0, 0.1) is 12.3 Å². The molecule has 0 aliphatic carbocycles. The van der Waals surface area contributed by atoms with Crippen molar-refractivity contribution in [2.75, 3.05) is 45.1 Å². The number of rotatable bonds is 7. The molecule has 3 rings (SSSR count). The molecule has 30 heavy (non-hydrogen) atoms. The Balaban J connectivity index is 1.62. The summed E-state index contributed by atoms with van der Waals surface area (Å²) >= 11 is 0. The summed E-state index contributed by atoms with van der Waals surface area (Å²) in [6, 6.07) is 13.5. The lowest BCUT2D eigenvalue weighted by atomic mass is 10.1. The second-order valence-corrected chi connectivity index (χ2v) is 9.05. The fourth-order valence-electron chi connectivity index (χ4n) is 3.22. The van der Waals surface area contributed by atoms with Gasteiger partial charge in [0.05, 0.1) is 11.4 Å². The minimum absolute atomic E-state index is 0.0588. The number of carbonyl (C=O) groups excluding carboxylic acids is 1. The van der Waals surface area contributed by atoms with Crippen LogP contribution in [0.4, 0.5) is 5.69 Å². The Labute approximate surface area is 178 Å². The van der Waals surface area contributed by atoms with E-state index in [-0.39, 0.29) is 17.3 Å². The van der Waals surface area contributed by atoms with Gasteiger partial charge in [-0.3, -0.25) is 9.69 Å². The number of nitrogens with one attached hydrogen (secondary N) is 2. The molecule has 0 radical (unpaired) electrons. The molecule has 8 heteroatoms.